The largest absolute Gasteiger partial charge is 0.394 e. The number of aromatic nitrogens is 3. The van der Waals surface area contributed by atoms with Gasteiger partial charge in [0.05, 0.1) is 25.4 Å². The van der Waals surface area contributed by atoms with Crippen LogP contribution in [-0.4, -0.2) is 58.5 Å². The Morgan fingerprint density at radius 2 is 2.26 bits per heavy atom. The third-order valence-corrected chi connectivity index (χ3v) is 3.07. The van der Waals surface area contributed by atoms with Crippen molar-refractivity contribution in [3.63, 3.8) is 0 Å². The van der Waals surface area contributed by atoms with Gasteiger partial charge in [0.1, 0.15) is 0 Å². The minimum absolute atomic E-state index is 0.0257. The van der Waals surface area contributed by atoms with Crippen molar-refractivity contribution in [3.8, 4) is 0 Å². The Morgan fingerprint density at radius 1 is 1.47 bits per heavy atom. The molecule has 19 heavy (non-hydrogen) atoms. The van der Waals surface area contributed by atoms with Gasteiger partial charge < -0.3 is 20.1 Å². The summed E-state index contributed by atoms with van der Waals surface area (Å²) in [7, 11) is 0. The molecule has 0 radical (unpaired) electrons. The fourth-order valence-electron chi connectivity index (χ4n) is 1.91. The molecule has 106 valence electrons. The van der Waals surface area contributed by atoms with Gasteiger partial charge in [-0.15, -0.1) is 0 Å². The van der Waals surface area contributed by atoms with Crippen molar-refractivity contribution in [3.05, 3.63) is 5.28 Å². The maximum Gasteiger partial charge on any atom is 0.231 e. The van der Waals surface area contributed by atoms with Crippen molar-refractivity contribution in [2.75, 3.05) is 36.5 Å². The van der Waals surface area contributed by atoms with Crippen molar-refractivity contribution in [2.24, 2.45) is 0 Å². The first-order valence-electron chi connectivity index (χ1n) is 6.28. The number of halogens is 1. The number of aliphatic hydroxyl groups is 1. The van der Waals surface area contributed by atoms with E-state index in [-0.39, 0.29) is 24.0 Å². The first-order valence-corrected chi connectivity index (χ1v) is 6.66. The van der Waals surface area contributed by atoms with Crippen LogP contribution in [0.2, 0.25) is 5.28 Å². The molecule has 0 bridgehead atoms. The molecular weight excluding hydrogens is 270 g/mol. The highest BCUT2D eigenvalue weighted by atomic mass is 35.5. The van der Waals surface area contributed by atoms with Gasteiger partial charge in [0, 0.05) is 13.1 Å². The molecule has 2 rings (SSSR count). The normalized spacial score (nSPS) is 23.5. The first kappa shape index (κ1) is 14.2. The predicted octanol–water partition coefficient (Wildman–Crippen LogP) is 0.543. The van der Waals surface area contributed by atoms with E-state index in [4.69, 9.17) is 16.3 Å². The van der Waals surface area contributed by atoms with Gasteiger partial charge in [-0.1, -0.05) is 0 Å². The fraction of sp³-hybridized carbons (Fsp3) is 0.727. The topological polar surface area (TPSA) is 83.4 Å². The fourth-order valence-corrected chi connectivity index (χ4v) is 2.07. The average Bonchev–Trinajstić information content (AvgIpc) is 2.39. The molecule has 1 aliphatic rings. The molecule has 0 amide bonds. The number of rotatable bonds is 4. The van der Waals surface area contributed by atoms with Gasteiger partial charge in [-0.25, -0.2) is 0 Å². The summed E-state index contributed by atoms with van der Waals surface area (Å²) >= 11 is 5.91. The second kappa shape index (κ2) is 6.31. The van der Waals surface area contributed by atoms with Crippen LogP contribution in [0.15, 0.2) is 0 Å². The summed E-state index contributed by atoms with van der Waals surface area (Å²) in [6, 6.07) is 0.121. The predicted molar refractivity (Wildman–Crippen MR) is 72.6 cm³/mol. The molecule has 8 heteroatoms. The van der Waals surface area contributed by atoms with E-state index in [1.54, 1.807) is 0 Å². The van der Waals surface area contributed by atoms with Crippen LogP contribution < -0.4 is 10.2 Å². The van der Waals surface area contributed by atoms with Crippen molar-refractivity contribution in [1.82, 2.24) is 15.0 Å². The Morgan fingerprint density at radius 3 is 2.95 bits per heavy atom. The van der Waals surface area contributed by atoms with Crippen LogP contribution in [-0.2, 0) is 4.74 Å². The lowest BCUT2D eigenvalue weighted by Gasteiger charge is -2.37. The molecule has 7 nitrogen and oxygen atoms in total. The minimum Gasteiger partial charge on any atom is -0.394 e. The van der Waals surface area contributed by atoms with Gasteiger partial charge in [0.15, 0.2) is 0 Å². The van der Waals surface area contributed by atoms with Crippen LogP contribution >= 0.6 is 11.6 Å². The Hall–Kier alpha value is -1.18. The van der Waals surface area contributed by atoms with Crippen LogP contribution in [0.3, 0.4) is 0 Å². The smallest absolute Gasteiger partial charge is 0.231 e. The zero-order chi connectivity index (χ0) is 13.8. The Bertz CT molecular complexity index is 434. The summed E-state index contributed by atoms with van der Waals surface area (Å²) in [5.41, 5.74) is 0. The standard InChI is InChI=1S/C11H18ClN5O2/c1-3-13-10-14-9(12)15-11(16-10)17-4-8(5-18)19-6-7(17)2/h7-8,18H,3-6H2,1-2H3,(H,13,14,15,16). The summed E-state index contributed by atoms with van der Waals surface area (Å²) < 4.78 is 5.49. The number of anilines is 2. The van der Waals surface area contributed by atoms with Crippen LogP contribution in [0.1, 0.15) is 13.8 Å². The molecule has 1 fully saturated rings. The second-order valence-corrected chi connectivity index (χ2v) is 4.74. The van der Waals surface area contributed by atoms with E-state index in [1.807, 2.05) is 18.7 Å². The quantitative estimate of drug-likeness (QED) is 0.836. The number of morpholine rings is 1. The molecule has 0 spiro atoms. The molecule has 1 aromatic rings. The zero-order valence-electron chi connectivity index (χ0n) is 11.0. The summed E-state index contributed by atoms with van der Waals surface area (Å²) in [6.07, 6.45) is -0.227. The molecular formula is C11H18ClN5O2. The van der Waals surface area contributed by atoms with Gasteiger partial charge >= 0.3 is 0 Å². The zero-order valence-corrected chi connectivity index (χ0v) is 11.8. The number of ether oxygens (including phenoxy) is 1. The lowest BCUT2D eigenvalue weighted by atomic mass is 10.2. The van der Waals surface area contributed by atoms with Crippen LogP contribution in [0.4, 0.5) is 11.9 Å². The van der Waals surface area contributed by atoms with Crippen molar-refractivity contribution >= 4 is 23.5 Å². The van der Waals surface area contributed by atoms with Crippen LogP contribution in [0.25, 0.3) is 0 Å². The third-order valence-electron chi connectivity index (χ3n) is 2.90. The van der Waals surface area contributed by atoms with Crippen molar-refractivity contribution in [1.29, 1.82) is 0 Å². The van der Waals surface area contributed by atoms with Crippen molar-refractivity contribution < 1.29 is 9.84 Å². The molecule has 1 aromatic heterocycles. The minimum atomic E-state index is -0.227. The van der Waals surface area contributed by atoms with Crippen LogP contribution in [0.5, 0.6) is 0 Å². The van der Waals surface area contributed by atoms with Gasteiger partial charge in [-0.3, -0.25) is 0 Å². The van der Waals surface area contributed by atoms with E-state index in [2.05, 4.69) is 20.3 Å². The van der Waals surface area contributed by atoms with E-state index in [9.17, 15) is 5.11 Å². The van der Waals surface area contributed by atoms with Gasteiger partial charge in [-0.05, 0) is 25.4 Å². The molecule has 2 heterocycles. The van der Waals surface area contributed by atoms with E-state index >= 15 is 0 Å². The summed E-state index contributed by atoms with van der Waals surface area (Å²) in [5, 5.41) is 12.4. The monoisotopic (exact) mass is 287 g/mol. The molecule has 0 aliphatic carbocycles. The van der Waals surface area contributed by atoms with E-state index in [1.165, 1.54) is 0 Å². The lowest BCUT2D eigenvalue weighted by Crippen LogP contribution is -2.50. The van der Waals surface area contributed by atoms with E-state index in [0.717, 1.165) is 0 Å². The number of nitrogens with zero attached hydrogens (tertiary/aromatic N) is 4. The number of hydrogen-bond acceptors (Lipinski definition) is 7. The molecule has 1 aliphatic heterocycles. The van der Waals surface area contributed by atoms with E-state index < -0.39 is 0 Å². The van der Waals surface area contributed by atoms with Gasteiger partial charge in [0.25, 0.3) is 0 Å². The highest BCUT2D eigenvalue weighted by Crippen LogP contribution is 2.20. The second-order valence-electron chi connectivity index (χ2n) is 4.40. The van der Waals surface area contributed by atoms with Gasteiger partial charge in [0.2, 0.25) is 17.2 Å². The molecule has 1 saturated heterocycles. The van der Waals surface area contributed by atoms with E-state index in [0.29, 0.717) is 31.6 Å². The maximum absolute atomic E-state index is 9.19. The number of nitrogens with one attached hydrogen (secondary N) is 1. The summed E-state index contributed by atoms with van der Waals surface area (Å²) in [4.78, 5) is 14.5. The molecule has 2 N–H and O–H groups in total. The van der Waals surface area contributed by atoms with Crippen molar-refractivity contribution in [2.45, 2.75) is 26.0 Å². The van der Waals surface area contributed by atoms with Crippen LogP contribution in [0, 0.1) is 0 Å². The number of hydrogen-bond donors (Lipinski definition) is 2. The molecule has 2 unspecified atom stereocenters. The third kappa shape index (κ3) is 3.43. The van der Waals surface area contributed by atoms with Gasteiger partial charge in [-0.2, -0.15) is 15.0 Å². The molecule has 0 saturated carbocycles. The Balaban J connectivity index is 2.23. The Kier molecular flexibility index (Phi) is 4.73. The summed E-state index contributed by atoms with van der Waals surface area (Å²) in [5.74, 6) is 0.960. The summed E-state index contributed by atoms with van der Waals surface area (Å²) in [6.45, 7) is 5.70. The average molecular weight is 288 g/mol. The number of aliphatic hydroxyl groups excluding tert-OH is 1. The first-order chi connectivity index (χ1) is 9.13. The lowest BCUT2D eigenvalue weighted by molar-refractivity contribution is -0.0108. The highest BCUT2D eigenvalue weighted by Gasteiger charge is 2.28. The highest BCUT2D eigenvalue weighted by molar-refractivity contribution is 6.28. The molecule has 0 aromatic carbocycles. The maximum atomic E-state index is 9.19. The Labute approximate surface area is 117 Å². The molecule has 2 atom stereocenters. The SMILES string of the molecule is CCNc1nc(Cl)nc(N2CC(CO)OCC2C)n1.